The van der Waals surface area contributed by atoms with Crippen molar-refractivity contribution in [2.45, 2.75) is 0 Å². The summed E-state index contributed by atoms with van der Waals surface area (Å²) in [5, 5.41) is 13.2. The predicted molar refractivity (Wildman–Crippen MR) is 77.3 cm³/mol. The lowest BCUT2D eigenvalue weighted by Crippen LogP contribution is -2.17. The first-order valence-corrected chi connectivity index (χ1v) is 6.43. The van der Waals surface area contributed by atoms with Crippen LogP contribution in [-0.4, -0.2) is 17.2 Å². The fourth-order valence-electron chi connectivity index (χ4n) is 1.50. The highest BCUT2D eigenvalue weighted by Gasteiger charge is 2.08. The third-order valence-corrected chi connectivity index (χ3v) is 2.97. The van der Waals surface area contributed by atoms with Gasteiger partial charge >= 0.3 is 0 Å². The molecule has 4 nitrogen and oxygen atoms in total. The van der Waals surface area contributed by atoms with Gasteiger partial charge in [-0.2, -0.15) is 5.10 Å². The van der Waals surface area contributed by atoms with E-state index in [2.05, 4.69) is 26.5 Å². The first-order valence-electron chi connectivity index (χ1n) is 5.64. The van der Waals surface area contributed by atoms with E-state index in [9.17, 15) is 14.3 Å². The normalized spacial score (nSPS) is 10.7. The number of amides is 1. The smallest absolute Gasteiger partial charge is 0.275 e. The Hall–Kier alpha value is -2.21. The number of halogens is 2. The van der Waals surface area contributed by atoms with Crippen molar-refractivity contribution in [3.05, 3.63) is 63.9 Å². The van der Waals surface area contributed by atoms with Crippen molar-refractivity contribution in [2.75, 3.05) is 0 Å². The van der Waals surface area contributed by atoms with E-state index in [1.54, 1.807) is 18.2 Å². The van der Waals surface area contributed by atoms with Crippen LogP contribution in [0.3, 0.4) is 0 Å². The minimum atomic E-state index is -0.574. The maximum absolute atomic E-state index is 13.4. The Kier molecular flexibility index (Phi) is 4.47. The number of para-hydroxylation sites is 1. The molecule has 20 heavy (non-hydrogen) atoms. The molecule has 0 aliphatic carbocycles. The van der Waals surface area contributed by atoms with E-state index in [0.717, 1.165) is 0 Å². The number of carbonyl (C=O) groups is 1. The Bertz CT molecular complexity index is 674. The summed E-state index contributed by atoms with van der Waals surface area (Å²) >= 11 is 3.21. The minimum absolute atomic E-state index is 0.0966. The van der Waals surface area contributed by atoms with Crippen LogP contribution in [0.15, 0.2) is 52.0 Å². The van der Waals surface area contributed by atoms with Gasteiger partial charge in [-0.3, -0.25) is 4.79 Å². The second-order valence-electron chi connectivity index (χ2n) is 3.88. The van der Waals surface area contributed by atoms with E-state index < -0.39 is 11.7 Å². The fraction of sp³-hybridized carbons (Fsp3) is 0. The number of hydrogen-bond acceptors (Lipinski definition) is 3. The molecule has 1 amide bonds. The van der Waals surface area contributed by atoms with Crippen LogP contribution < -0.4 is 5.43 Å². The molecular formula is C14H10BrFN2O2. The van der Waals surface area contributed by atoms with Crippen LogP contribution in [0.1, 0.15) is 15.9 Å². The summed E-state index contributed by atoms with van der Waals surface area (Å²) in [6.07, 6.45) is 1.19. The SMILES string of the molecule is O=C(NN=Cc1cc(Br)ccc1F)c1ccccc1O. The molecular weight excluding hydrogens is 327 g/mol. The van der Waals surface area contributed by atoms with Gasteiger partial charge in [0.2, 0.25) is 0 Å². The van der Waals surface area contributed by atoms with Gasteiger partial charge in [0.15, 0.2) is 0 Å². The average Bonchev–Trinajstić information content (AvgIpc) is 2.43. The van der Waals surface area contributed by atoms with E-state index in [1.807, 2.05) is 0 Å². The number of carbonyl (C=O) groups excluding carboxylic acids is 1. The third kappa shape index (κ3) is 3.42. The number of phenols is 1. The topological polar surface area (TPSA) is 61.7 Å². The number of aromatic hydroxyl groups is 1. The third-order valence-electron chi connectivity index (χ3n) is 2.48. The molecule has 0 aliphatic rings. The molecule has 0 spiro atoms. The first-order chi connectivity index (χ1) is 9.58. The van der Waals surface area contributed by atoms with Crippen molar-refractivity contribution in [1.82, 2.24) is 5.43 Å². The largest absolute Gasteiger partial charge is 0.507 e. The van der Waals surface area contributed by atoms with Crippen molar-refractivity contribution in [1.29, 1.82) is 0 Å². The lowest BCUT2D eigenvalue weighted by molar-refractivity contribution is 0.0952. The highest BCUT2D eigenvalue weighted by atomic mass is 79.9. The second-order valence-corrected chi connectivity index (χ2v) is 4.80. The van der Waals surface area contributed by atoms with Crippen LogP contribution in [0.25, 0.3) is 0 Å². The molecule has 0 aromatic heterocycles. The maximum Gasteiger partial charge on any atom is 0.275 e. The Labute approximate surface area is 123 Å². The van der Waals surface area contributed by atoms with Gasteiger partial charge in [-0.15, -0.1) is 0 Å². The first kappa shape index (κ1) is 14.2. The standard InChI is InChI=1S/C14H10BrFN2O2/c15-10-5-6-12(16)9(7-10)8-17-18-14(20)11-3-1-2-4-13(11)19/h1-8,19H,(H,18,20). The number of benzene rings is 2. The van der Waals surface area contributed by atoms with Crippen LogP contribution in [0.2, 0.25) is 0 Å². The number of nitrogens with zero attached hydrogens (tertiary/aromatic N) is 1. The van der Waals surface area contributed by atoms with E-state index in [4.69, 9.17) is 0 Å². The fourth-order valence-corrected chi connectivity index (χ4v) is 1.88. The molecule has 2 rings (SSSR count). The van der Waals surface area contributed by atoms with E-state index in [1.165, 1.54) is 30.5 Å². The zero-order chi connectivity index (χ0) is 14.5. The highest BCUT2D eigenvalue weighted by molar-refractivity contribution is 9.10. The summed E-state index contributed by atoms with van der Waals surface area (Å²) in [5.74, 6) is -1.17. The minimum Gasteiger partial charge on any atom is -0.507 e. The van der Waals surface area contributed by atoms with Gasteiger partial charge in [-0.25, -0.2) is 9.82 Å². The van der Waals surface area contributed by atoms with Crippen molar-refractivity contribution >= 4 is 28.1 Å². The van der Waals surface area contributed by atoms with Gasteiger partial charge in [-0.05, 0) is 30.3 Å². The van der Waals surface area contributed by atoms with Gasteiger partial charge in [0.05, 0.1) is 11.8 Å². The summed E-state index contributed by atoms with van der Waals surface area (Å²) in [4.78, 5) is 11.7. The summed E-state index contributed by atoms with van der Waals surface area (Å²) in [6, 6.07) is 10.5. The van der Waals surface area contributed by atoms with Crippen molar-refractivity contribution in [3.8, 4) is 5.75 Å². The molecule has 102 valence electrons. The quantitative estimate of drug-likeness (QED) is 0.668. The Morgan fingerprint density at radius 1 is 1.30 bits per heavy atom. The summed E-state index contributed by atoms with van der Waals surface area (Å²) in [6.45, 7) is 0. The van der Waals surface area contributed by atoms with E-state index >= 15 is 0 Å². The van der Waals surface area contributed by atoms with Crippen molar-refractivity contribution in [2.24, 2.45) is 5.10 Å². The van der Waals surface area contributed by atoms with Gasteiger partial charge < -0.3 is 5.11 Å². The Morgan fingerprint density at radius 2 is 2.05 bits per heavy atom. The van der Waals surface area contributed by atoms with E-state index in [-0.39, 0.29) is 16.9 Å². The maximum atomic E-state index is 13.4. The molecule has 0 atom stereocenters. The molecule has 0 fully saturated rings. The number of hydrogen-bond donors (Lipinski definition) is 2. The van der Waals surface area contributed by atoms with Crippen molar-refractivity contribution in [3.63, 3.8) is 0 Å². The molecule has 0 bridgehead atoms. The van der Waals surface area contributed by atoms with E-state index in [0.29, 0.717) is 4.47 Å². The zero-order valence-electron chi connectivity index (χ0n) is 10.2. The molecule has 2 aromatic carbocycles. The molecule has 2 N–H and O–H groups in total. The van der Waals surface area contributed by atoms with Gasteiger partial charge in [0, 0.05) is 10.0 Å². The lowest BCUT2D eigenvalue weighted by Gasteiger charge is -2.02. The summed E-state index contributed by atoms with van der Waals surface area (Å²) in [5.41, 5.74) is 2.55. The number of phenolic OH excluding ortho intramolecular Hbond substituents is 1. The van der Waals surface area contributed by atoms with Crippen LogP contribution in [0.5, 0.6) is 5.75 Å². The Morgan fingerprint density at radius 3 is 2.80 bits per heavy atom. The van der Waals surface area contributed by atoms with Gasteiger partial charge in [0.25, 0.3) is 5.91 Å². The zero-order valence-corrected chi connectivity index (χ0v) is 11.8. The van der Waals surface area contributed by atoms with Crippen LogP contribution in [0.4, 0.5) is 4.39 Å². The van der Waals surface area contributed by atoms with Gasteiger partial charge in [-0.1, -0.05) is 28.1 Å². The highest BCUT2D eigenvalue weighted by Crippen LogP contribution is 2.15. The average molecular weight is 337 g/mol. The van der Waals surface area contributed by atoms with Crippen LogP contribution >= 0.6 is 15.9 Å². The number of rotatable bonds is 3. The molecule has 0 aliphatic heterocycles. The molecule has 2 aromatic rings. The molecule has 0 radical (unpaired) electrons. The molecule has 0 heterocycles. The number of hydrazone groups is 1. The van der Waals surface area contributed by atoms with Crippen LogP contribution in [0, 0.1) is 5.82 Å². The summed E-state index contributed by atoms with van der Waals surface area (Å²) < 4.78 is 14.1. The Balaban J connectivity index is 2.09. The predicted octanol–water partition coefficient (Wildman–Crippen LogP) is 3.06. The molecule has 0 saturated heterocycles. The van der Waals surface area contributed by atoms with Gasteiger partial charge in [0.1, 0.15) is 11.6 Å². The monoisotopic (exact) mass is 336 g/mol. The number of nitrogens with one attached hydrogen (secondary N) is 1. The molecule has 0 saturated carbocycles. The van der Waals surface area contributed by atoms with Crippen LogP contribution in [-0.2, 0) is 0 Å². The molecule has 6 heteroatoms. The molecule has 0 unspecified atom stereocenters. The summed E-state index contributed by atoms with van der Waals surface area (Å²) in [7, 11) is 0. The second kappa shape index (κ2) is 6.29. The lowest BCUT2D eigenvalue weighted by atomic mass is 10.2. The van der Waals surface area contributed by atoms with Crippen molar-refractivity contribution < 1.29 is 14.3 Å².